The zero-order valence-corrected chi connectivity index (χ0v) is 24.1. The van der Waals surface area contributed by atoms with Crippen molar-refractivity contribution >= 4 is 12.1 Å². The number of nitrogens with one attached hydrogen (secondary N) is 1. The fourth-order valence-corrected chi connectivity index (χ4v) is 4.99. The first-order valence-corrected chi connectivity index (χ1v) is 13.3. The maximum atomic E-state index is 14.0. The number of piperidine rings is 1. The van der Waals surface area contributed by atoms with Gasteiger partial charge in [-0.25, -0.2) is 14.0 Å². The third-order valence-corrected chi connectivity index (χ3v) is 7.10. The lowest BCUT2D eigenvalue weighted by Crippen LogP contribution is -2.55. The molecule has 0 aliphatic carbocycles. The summed E-state index contributed by atoms with van der Waals surface area (Å²) < 4.78 is 100. The summed E-state index contributed by atoms with van der Waals surface area (Å²) in [5.74, 6) is -0.516. The number of carbonyl (C=O) groups excluding carboxylic acids is 2. The van der Waals surface area contributed by atoms with Gasteiger partial charge in [-0.05, 0) is 94.5 Å². The molecule has 1 heterocycles. The Bertz CT molecular complexity index is 1270. The molecular formula is C29H34F7N3O3. The molecule has 3 amide bonds. The molecule has 2 aromatic carbocycles. The van der Waals surface area contributed by atoms with E-state index in [1.165, 1.54) is 37.1 Å². The average molecular weight is 606 g/mol. The van der Waals surface area contributed by atoms with Gasteiger partial charge in [-0.1, -0.05) is 6.07 Å². The number of nitrogens with zero attached hydrogens (tertiary/aromatic N) is 2. The Hall–Kier alpha value is -3.51. The highest BCUT2D eigenvalue weighted by Gasteiger charge is 2.41. The van der Waals surface area contributed by atoms with E-state index in [1.807, 2.05) is 0 Å². The number of halogens is 7. The topological polar surface area (TPSA) is 61.9 Å². The molecule has 2 aromatic rings. The molecule has 0 bridgehead atoms. The van der Waals surface area contributed by atoms with Gasteiger partial charge in [-0.15, -0.1) is 0 Å². The van der Waals surface area contributed by atoms with Crippen LogP contribution in [0.25, 0.3) is 0 Å². The Morgan fingerprint density at radius 2 is 1.57 bits per heavy atom. The Balaban J connectivity index is 2.01. The van der Waals surface area contributed by atoms with Crippen LogP contribution < -0.4 is 5.32 Å². The Labute approximate surface area is 239 Å². The fourth-order valence-electron chi connectivity index (χ4n) is 4.99. The van der Waals surface area contributed by atoms with Crippen molar-refractivity contribution in [2.45, 2.75) is 83.5 Å². The molecule has 1 N–H and O–H groups in total. The summed E-state index contributed by atoms with van der Waals surface area (Å²) in [7, 11) is 1.28. The lowest BCUT2D eigenvalue weighted by molar-refractivity contribution is -0.143. The van der Waals surface area contributed by atoms with Gasteiger partial charge in [0.25, 0.3) is 0 Å². The second-order valence-electron chi connectivity index (χ2n) is 11.4. The highest BCUT2D eigenvalue weighted by atomic mass is 19.4. The van der Waals surface area contributed by atoms with E-state index in [9.17, 15) is 40.3 Å². The van der Waals surface area contributed by atoms with Crippen LogP contribution in [0.3, 0.4) is 0 Å². The molecule has 1 saturated heterocycles. The van der Waals surface area contributed by atoms with Crippen molar-refractivity contribution < 1.29 is 45.1 Å². The van der Waals surface area contributed by atoms with Crippen LogP contribution in [0.5, 0.6) is 0 Å². The maximum Gasteiger partial charge on any atom is 0.416 e. The van der Waals surface area contributed by atoms with Crippen LogP contribution in [0, 0.1) is 12.7 Å². The maximum absolute atomic E-state index is 14.0. The largest absolute Gasteiger partial charge is 0.444 e. The summed E-state index contributed by atoms with van der Waals surface area (Å²) in [4.78, 5) is 29.0. The number of likely N-dealkylation sites (tertiary alicyclic amines) is 1. The molecule has 42 heavy (non-hydrogen) atoms. The molecule has 3 rings (SSSR count). The monoisotopic (exact) mass is 605 g/mol. The summed E-state index contributed by atoms with van der Waals surface area (Å²) >= 11 is 0. The van der Waals surface area contributed by atoms with E-state index in [0.717, 1.165) is 4.90 Å². The van der Waals surface area contributed by atoms with Gasteiger partial charge in [0, 0.05) is 13.6 Å². The van der Waals surface area contributed by atoms with Gasteiger partial charge in [0.15, 0.2) is 0 Å². The zero-order chi connectivity index (χ0) is 31.8. The summed E-state index contributed by atoms with van der Waals surface area (Å²) in [6.07, 6.45) is -9.98. The van der Waals surface area contributed by atoms with E-state index in [0.29, 0.717) is 36.1 Å². The third kappa shape index (κ3) is 7.86. The van der Waals surface area contributed by atoms with Gasteiger partial charge in [-0.3, -0.25) is 0 Å². The van der Waals surface area contributed by atoms with E-state index >= 15 is 0 Å². The molecule has 6 nitrogen and oxygen atoms in total. The SMILES string of the molecule is Cc1cc(F)ccc1C1C(NC(=O)OC(C)(C)C)CCCN1C(=O)N(C)C(C)c1cc(C(F)(F)F)cc(C(F)(F)F)c1. The Morgan fingerprint density at radius 3 is 2.07 bits per heavy atom. The van der Waals surface area contributed by atoms with E-state index in [4.69, 9.17) is 4.74 Å². The number of carbonyl (C=O) groups is 2. The number of ether oxygens (including phenoxy) is 1. The van der Waals surface area contributed by atoms with Crippen LogP contribution in [0.15, 0.2) is 36.4 Å². The molecule has 0 radical (unpaired) electrons. The first-order valence-electron chi connectivity index (χ1n) is 13.3. The third-order valence-electron chi connectivity index (χ3n) is 7.10. The molecule has 0 aromatic heterocycles. The van der Waals surface area contributed by atoms with Gasteiger partial charge in [0.05, 0.1) is 29.3 Å². The average Bonchev–Trinajstić information content (AvgIpc) is 2.85. The minimum atomic E-state index is -5.04. The summed E-state index contributed by atoms with van der Waals surface area (Å²) in [6, 6.07) is 1.76. The molecule has 0 saturated carbocycles. The first kappa shape index (κ1) is 33.0. The summed E-state index contributed by atoms with van der Waals surface area (Å²) in [5.41, 5.74) is -3.14. The molecule has 13 heteroatoms. The van der Waals surface area contributed by atoms with Crippen LogP contribution in [0.1, 0.15) is 80.4 Å². The molecule has 1 aliphatic heterocycles. The molecular weight excluding hydrogens is 571 g/mol. The van der Waals surface area contributed by atoms with Crippen LogP contribution in [0.4, 0.5) is 40.3 Å². The predicted octanol–water partition coefficient (Wildman–Crippen LogP) is 8.01. The second kappa shape index (κ2) is 12.0. The Kier molecular flexibility index (Phi) is 9.43. The van der Waals surface area contributed by atoms with E-state index in [-0.39, 0.29) is 18.2 Å². The van der Waals surface area contributed by atoms with Crippen LogP contribution in [0.2, 0.25) is 0 Å². The number of benzene rings is 2. The molecule has 232 valence electrons. The first-order chi connectivity index (χ1) is 19.2. The predicted molar refractivity (Wildman–Crippen MR) is 141 cm³/mol. The normalized spacial score (nSPS) is 18.8. The molecule has 0 spiro atoms. The number of amides is 3. The van der Waals surface area contributed by atoms with Crippen molar-refractivity contribution in [3.8, 4) is 0 Å². The number of hydrogen-bond acceptors (Lipinski definition) is 3. The van der Waals surface area contributed by atoms with Crippen molar-refractivity contribution in [3.05, 3.63) is 70.0 Å². The van der Waals surface area contributed by atoms with Gasteiger partial charge in [0.1, 0.15) is 11.4 Å². The number of alkyl carbamates (subject to hydrolysis) is 1. The second-order valence-corrected chi connectivity index (χ2v) is 11.4. The van der Waals surface area contributed by atoms with Crippen molar-refractivity contribution in [2.75, 3.05) is 13.6 Å². The molecule has 3 atom stereocenters. The van der Waals surface area contributed by atoms with Crippen molar-refractivity contribution in [1.29, 1.82) is 0 Å². The number of rotatable bonds is 4. The quantitative estimate of drug-likeness (QED) is 0.359. The Morgan fingerprint density at radius 1 is 1.00 bits per heavy atom. The van der Waals surface area contributed by atoms with Crippen molar-refractivity contribution in [2.24, 2.45) is 0 Å². The zero-order valence-electron chi connectivity index (χ0n) is 24.1. The highest BCUT2D eigenvalue weighted by Crippen LogP contribution is 2.39. The lowest BCUT2D eigenvalue weighted by atomic mass is 9.88. The van der Waals surface area contributed by atoms with Crippen LogP contribution in [-0.2, 0) is 17.1 Å². The van der Waals surface area contributed by atoms with Gasteiger partial charge in [-0.2, -0.15) is 26.3 Å². The van der Waals surface area contributed by atoms with Gasteiger partial charge >= 0.3 is 24.5 Å². The molecule has 1 fully saturated rings. The van der Waals surface area contributed by atoms with E-state index in [2.05, 4.69) is 5.32 Å². The minimum Gasteiger partial charge on any atom is -0.444 e. The number of urea groups is 1. The lowest BCUT2D eigenvalue weighted by Gasteiger charge is -2.44. The van der Waals surface area contributed by atoms with E-state index in [1.54, 1.807) is 27.7 Å². The van der Waals surface area contributed by atoms with Crippen LogP contribution in [-0.4, -0.2) is 47.2 Å². The number of alkyl halides is 6. The van der Waals surface area contributed by atoms with E-state index < -0.39 is 65.1 Å². The van der Waals surface area contributed by atoms with Gasteiger partial charge < -0.3 is 19.9 Å². The highest BCUT2D eigenvalue weighted by molar-refractivity contribution is 5.76. The van der Waals surface area contributed by atoms with Crippen molar-refractivity contribution in [1.82, 2.24) is 15.1 Å². The smallest absolute Gasteiger partial charge is 0.416 e. The van der Waals surface area contributed by atoms with Gasteiger partial charge in [0.2, 0.25) is 0 Å². The molecule has 3 unspecified atom stereocenters. The molecule has 1 aliphatic rings. The number of hydrogen-bond donors (Lipinski definition) is 1. The standard InChI is InChI=1S/C29H34F7N3O3/c1-16-12-21(30)9-10-22(16)24-23(37-25(40)42-27(3,4)5)8-7-11-39(24)26(41)38(6)17(2)18-13-19(28(31,32)33)15-20(14-18)29(34,35)36/h9-10,12-15,17,23-24H,7-8,11H2,1-6H3,(H,37,40). The fraction of sp³-hybridized carbons (Fsp3) is 0.517. The summed E-state index contributed by atoms with van der Waals surface area (Å²) in [6.45, 7) is 8.16. The number of aryl methyl sites for hydroxylation is 1. The van der Waals surface area contributed by atoms with Crippen molar-refractivity contribution in [3.63, 3.8) is 0 Å². The summed E-state index contributed by atoms with van der Waals surface area (Å²) in [5, 5.41) is 2.78. The minimum absolute atomic E-state index is 0.0307. The van der Waals surface area contributed by atoms with Crippen LogP contribution >= 0.6 is 0 Å².